The Morgan fingerprint density at radius 3 is 2.36 bits per heavy atom. The first kappa shape index (κ1) is 15.6. The van der Waals surface area contributed by atoms with Gasteiger partial charge in [-0.25, -0.2) is 0 Å². The van der Waals surface area contributed by atoms with E-state index >= 15 is 0 Å². The van der Waals surface area contributed by atoms with Crippen LogP contribution in [0.25, 0.3) is 0 Å². The molecule has 3 nitrogen and oxygen atoms in total. The number of fused-ring (bicyclic) bond motifs is 1. The Hall–Kier alpha value is -1.33. The number of rotatable bonds is 4. The highest BCUT2D eigenvalue weighted by Gasteiger charge is 2.27. The van der Waals surface area contributed by atoms with E-state index in [-0.39, 0.29) is 15.4 Å². The van der Waals surface area contributed by atoms with Crippen molar-refractivity contribution in [2.24, 2.45) is 0 Å². The summed E-state index contributed by atoms with van der Waals surface area (Å²) in [5, 5.41) is 0. The summed E-state index contributed by atoms with van der Waals surface area (Å²) in [5.41, 5.74) is 1.65. The number of hydrogen-bond acceptors (Lipinski definition) is 3. The maximum atomic E-state index is 12.7. The monoisotopic (exact) mass is 424 g/mol. The van der Waals surface area contributed by atoms with Gasteiger partial charge >= 0.3 is 0 Å². The van der Waals surface area contributed by atoms with Crippen LogP contribution in [0.3, 0.4) is 0 Å². The molecule has 22 heavy (non-hydrogen) atoms. The number of halogens is 2. The fraction of sp³-hybridized carbons (Fsp3) is 0.235. The van der Waals surface area contributed by atoms with E-state index < -0.39 is 0 Å². The minimum Gasteiger partial charge on any atom is -0.486 e. The standard InChI is InChI=1S/C17H14Br2O3/c18-15(11-4-2-1-3-5-11)16(19)17(20)12-6-7-13-14(10-12)22-9-8-21-13/h1-7,10,15-16H,8-9H2. The first-order valence-electron chi connectivity index (χ1n) is 6.94. The lowest BCUT2D eigenvalue weighted by Crippen LogP contribution is -2.20. The third kappa shape index (κ3) is 3.20. The molecule has 1 heterocycles. The van der Waals surface area contributed by atoms with Crippen LogP contribution in [0.1, 0.15) is 20.7 Å². The Labute approximate surface area is 145 Å². The Balaban J connectivity index is 1.81. The molecule has 2 aromatic rings. The molecule has 2 aromatic carbocycles. The molecule has 0 fully saturated rings. The van der Waals surface area contributed by atoms with Gasteiger partial charge in [0.1, 0.15) is 13.2 Å². The number of hydrogen-bond donors (Lipinski definition) is 0. The van der Waals surface area contributed by atoms with Crippen molar-refractivity contribution in [3.8, 4) is 11.5 Å². The summed E-state index contributed by atoms with van der Waals surface area (Å²) in [5.74, 6) is 1.32. The van der Waals surface area contributed by atoms with Crippen LogP contribution < -0.4 is 9.47 Å². The Morgan fingerprint density at radius 1 is 0.955 bits per heavy atom. The van der Waals surface area contributed by atoms with E-state index in [2.05, 4.69) is 31.9 Å². The molecule has 0 amide bonds. The van der Waals surface area contributed by atoms with Gasteiger partial charge < -0.3 is 9.47 Å². The zero-order valence-corrected chi connectivity index (χ0v) is 14.8. The second-order valence-corrected chi connectivity index (χ2v) is 6.91. The normalized spacial score (nSPS) is 15.9. The molecule has 0 radical (unpaired) electrons. The number of Topliss-reactive ketones (excluding diaryl/α,β-unsaturated/α-hetero) is 1. The van der Waals surface area contributed by atoms with Crippen molar-refractivity contribution in [3.05, 3.63) is 59.7 Å². The first-order valence-corrected chi connectivity index (χ1v) is 8.77. The highest BCUT2D eigenvalue weighted by molar-refractivity contribution is 9.12. The highest BCUT2D eigenvalue weighted by Crippen LogP contribution is 2.36. The summed E-state index contributed by atoms with van der Waals surface area (Å²) in [4.78, 5) is 12.2. The summed E-state index contributed by atoms with van der Waals surface area (Å²) < 4.78 is 11.0. The molecule has 5 heteroatoms. The van der Waals surface area contributed by atoms with Gasteiger partial charge in [-0.1, -0.05) is 62.2 Å². The quantitative estimate of drug-likeness (QED) is 0.532. The van der Waals surface area contributed by atoms with E-state index in [0.29, 0.717) is 30.3 Å². The van der Waals surface area contributed by atoms with E-state index in [1.54, 1.807) is 18.2 Å². The minimum atomic E-state index is -0.363. The van der Waals surface area contributed by atoms with Gasteiger partial charge in [-0.2, -0.15) is 0 Å². The largest absolute Gasteiger partial charge is 0.486 e. The molecule has 1 aliphatic rings. The van der Waals surface area contributed by atoms with Crippen LogP contribution in [0, 0.1) is 0 Å². The van der Waals surface area contributed by atoms with Gasteiger partial charge in [0.05, 0.1) is 9.65 Å². The van der Waals surface area contributed by atoms with Crippen LogP contribution in [-0.4, -0.2) is 23.8 Å². The predicted molar refractivity (Wildman–Crippen MR) is 92.6 cm³/mol. The molecule has 0 saturated carbocycles. The molecule has 0 spiro atoms. The summed E-state index contributed by atoms with van der Waals surface area (Å²) >= 11 is 7.11. The van der Waals surface area contributed by atoms with Crippen LogP contribution in [0.15, 0.2) is 48.5 Å². The maximum absolute atomic E-state index is 12.7. The van der Waals surface area contributed by atoms with Crippen molar-refractivity contribution in [2.45, 2.75) is 9.65 Å². The van der Waals surface area contributed by atoms with Crippen LogP contribution >= 0.6 is 31.9 Å². The average molecular weight is 426 g/mol. The van der Waals surface area contributed by atoms with Crippen molar-refractivity contribution in [2.75, 3.05) is 13.2 Å². The van der Waals surface area contributed by atoms with Gasteiger partial charge in [0.15, 0.2) is 17.3 Å². The van der Waals surface area contributed by atoms with Crippen LogP contribution in [-0.2, 0) is 0 Å². The topological polar surface area (TPSA) is 35.5 Å². The molecule has 0 N–H and O–H groups in total. The molecule has 0 aliphatic carbocycles. The van der Waals surface area contributed by atoms with Gasteiger partial charge in [-0.15, -0.1) is 0 Å². The second kappa shape index (κ2) is 6.84. The second-order valence-electron chi connectivity index (χ2n) is 4.94. The van der Waals surface area contributed by atoms with Crippen LogP contribution in [0.5, 0.6) is 11.5 Å². The Morgan fingerprint density at radius 2 is 1.64 bits per heavy atom. The molecule has 0 saturated heterocycles. The average Bonchev–Trinajstić information content (AvgIpc) is 2.60. The molecule has 0 aromatic heterocycles. The number of ketones is 1. The fourth-order valence-corrected chi connectivity index (χ4v) is 3.41. The third-order valence-corrected chi connectivity index (χ3v) is 6.16. The van der Waals surface area contributed by atoms with Gasteiger partial charge in [0.25, 0.3) is 0 Å². The molecule has 114 valence electrons. The van der Waals surface area contributed by atoms with E-state index in [1.165, 1.54) is 0 Å². The molecule has 2 unspecified atom stereocenters. The summed E-state index contributed by atoms with van der Waals surface area (Å²) in [6.45, 7) is 1.05. The molecular weight excluding hydrogens is 412 g/mol. The molecule has 1 aliphatic heterocycles. The number of benzene rings is 2. The van der Waals surface area contributed by atoms with Crippen molar-refractivity contribution >= 4 is 37.6 Å². The summed E-state index contributed by atoms with van der Waals surface area (Å²) in [7, 11) is 0. The van der Waals surface area contributed by atoms with E-state index in [4.69, 9.17) is 9.47 Å². The lowest BCUT2D eigenvalue weighted by Gasteiger charge is -2.20. The minimum absolute atomic E-state index is 0.00250. The lowest BCUT2D eigenvalue weighted by molar-refractivity contribution is 0.0989. The lowest BCUT2D eigenvalue weighted by atomic mass is 10.0. The summed E-state index contributed by atoms with van der Waals surface area (Å²) in [6.07, 6.45) is 0. The van der Waals surface area contributed by atoms with Gasteiger partial charge in [0.2, 0.25) is 0 Å². The predicted octanol–water partition coefficient (Wildman–Crippen LogP) is 4.54. The number of ether oxygens (including phenoxy) is 2. The van der Waals surface area contributed by atoms with Crippen LogP contribution in [0.4, 0.5) is 0 Å². The molecular formula is C17H14Br2O3. The van der Waals surface area contributed by atoms with Crippen molar-refractivity contribution in [1.82, 2.24) is 0 Å². The van der Waals surface area contributed by atoms with E-state index in [9.17, 15) is 4.79 Å². The van der Waals surface area contributed by atoms with Crippen molar-refractivity contribution in [3.63, 3.8) is 0 Å². The number of carbonyl (C=O) groups excluding carboxylic acids is 1. The molecule has 2 atom stereocenters. The SMILES string of the molecule is O=C(c1ccc2c(c1)OCCO2)C(Br)C(Br)c1ccccc1. The van der Waals surface area contributed by atoms with Crippen molar-refractivity contribution < 1.29 is 14.3 Å². The Kier molecular flexibility index (Phi) is 4.84. The van der Waals surface area contributed by atoms with E-state index in [1.807, 2.05) is 30.3 Å². The summed E-state index contributed by atoms with van der Waals surface area (Å²) in [6, 6.07) is 15.2. The number of carbonyl (C=O) groups is 1. The maximum Gasteiger partial charge on any atom is 0.178 e. The molecule has 3 rings (SSSR count). The van der Waals surface area contributed by atoms with E-state index in [0.717, 1.165) is 5.56 Å². The Bertz CT molecular complexity index is 673. The van der Waals surface area contributed by atoms with Gasteiger partial charge in [-0.3, -0.25) is 4.79 Å². The zero-order valence-electron chi connectivity index (χ0n) is 11.7. The first-order chi connectivity index (χ1) is 10.7. The zero-order chi connectivity index (χ0) is 15.5. The smallest absolute Gasteiger partial charge is 0.178 e. The van der Waals surface area contributed by atoms with Gasteiger partial charge in [0, 0.05) is 5.56 Å². The third-order valence-electron chi connectivity index (χ3n) is 3.45. The van der Waals surface area contributed by atoms with Crippen LogP contribution in [0.2, 0.25) is 0 Å². The van der Waals surface area contributed by atoms with Gasteiger partial charge in [-0.05, 0) is 23.8 Å². The number of alkyl halides is 2. The highest BCUT2D eigenvalue weighted by atomic mass is 79.9. The van der Waals surface area contributed by atoms with Crippen molar-refractivity contribution in [1.29, 1.82) is 0 Å². The fourth-order valence-electron chi connectivity index (χ4n) is 2.29. The molecule has 0 bridgehead atoms.